The third kappa shape index (κ3) is 21.7. The molecule has 4 atom stereocenters. The van der Waals surface area contributed by atoms with Gasteiger partial charge < -0.3 is 29.4 Å². The summed E-state index contributed by atoms with van der Waals surface area (Å²) >= 11 is 0. The molecule has 11 heteroatoms. The number of piperidine rings is 3. The van der Waals surface area contributed by atoms with Crippen LogP contribution in [-0.4, -0.2) is 192 Å². The number of hydrogen-bond donors (Lipinski definition) is 1. The Hall–Kier alpha value is -1.18. The van der Waals surface area contributed by atoms with Crippen molar-refractivity contribution in [2.75, 3.05) is 86.7 Å². The van der Waals surface area contributed by atoms with Crippen molar-refractivity contribution in [3.05, 3.63) is 0 Å². The van der Waals surface area contributed by atoms with Gasteiger partial charge in [0.1, 0.15) is 12.0 Å². The number of methoxy groups -OCH3 is 1. The molecular weight excluding hydrogens is 931 g/mol. The van der Waals surface area contributed by atoms with Crippen LogP contribution >= 0.6 is 0 Å². The smallest absolute Gasteiger partial charge is 0.222 e. The molecule has 9 rings (SSSR count). The maximum Gasteiger partial charge on any atom is 0.222 e. The van der Waals surface area contributed by atoms with Gasteiger partial charge in [0, 0.05) is 121 Å². The number of Topliss-reactive ketones (excluding diaryl/α,β-unsaturated/α-hetero) is 1. The molecule has 0 aromatic carbocycles. The second kappa shape index (κ2) is 31.7. The molecule has 9 fully saturated rings. The number of amides is 1. The van der Waals surface area contributed by atoms with Crippen LogP contribution in [0, 0.1) is 39.9 Å². The van der Waals surface area contributed by atoms with Crippen molar-refractivity contribution >= 4 is 11.7 Å². The van der Waals surface area contributed by atoms with Gasteiger partial charge in [-0.2, -0.15) is 0 Å². The van der Waals surface area contributed by atoms with Crippen LogP contribution < -0.4 is 0 Å². The quantitative estimate of drug-likeness (QED) is 0.228. The molecule has 1 N–H and O–H groups in total. The highest BCUT2D eigenvalue weighted by Crippen LogP contribution is 2.49. The molecule has 2 saturated carbocycles. The Bertz CT molecular complexity index is 1560. The van der Waals surface area contributed by atoms with Crippen molar-refractivity contribution in [1.82, 2.24) is 34.3 Å². The van der Waals surface area contributed by atoms with Crippen molar-refractivity contribution in [3.8, 4) is 0 Å². The van der Waals surface area contributed by atoms with Crippen LogP contribution in [0.2, 0.25) is 0 Å². The number of carbonyl (C=O) groups is 2. The number of rotatable bonds is 10. The highest BCUT2D eigenvalue weighted by atomic mass is 16.5. The first-order valence-electron chi connectivity index (χ1n) is 31.4. The molecule has 2 spiro atoms. The maximum atomic E-state index is 11.0. The fourth-order valence-corrected chi connectivity index (χ4v) is 13.1. The van der Waals surface area contributed by atoms with Gasteiger partial charge in [0.05, 0.1) is 6.10 Å². The van der Waals surface area contributed by atoms with Gasteiger partial charge in [-0.1, -0.05) is 54.4 Å². The zero-order valence-corrected chi connectivity index (χ0v) is 53.5. The Kier molecular flexibility index (Phi) is 28.8. The Labute approximate surface area is 465 Å². The number of nitrogens with zero attached hydrogens (tertiary/aromatic N) is 7. The molecule has 7 aliphatic heterocycles. The zero-order chi connectivity index (χ0) is 56.6. The minimum atomic E-state index is -0.116. The summed E-state index contributed by atoms with van der Waals surface area (Å²) in [7, 11) is 5.89. The Morgan fingerprint density at radius 3 is 1.36 bits per heavy atom. The number of carbonyl (C=O) groups excluding carboxylic acids is 2. The predicted molar refractivity (Wildman–Crippen MR) is 319 cm³/mol. The van der Waals surface area contributed by atoms with Crippen LogP contribution in [0.4, 0.5) is 0 Å². The first-order chi connectivity index (χ1) is 35.0. The number of hydrogen-bond acceptors (Lipinski definition) is 10. The van der Waals surface area contributed by atoms with Crippen LogP contribution in [-0.2, 0) is 14.3 Å². The lowest BCUT2D eigenvalue weighted by Gasteiger charge is -2.57. The lowest BCUT2D eigenvalue weighted by Crippen LogP contribution is -2.61. The number of aliphatic hydroxyl groups is 1. The van der Waals surface area contributed by atoms with E-state index in [0.29, 0.717) is 65.3 Å². The van der Waals surface area contributed by atoms with Gasteiger partial charge >= 0.3 is 0 Å². The van der Waals surface area contributed by atoms with Crippen LogP contribution in [0.5, 0.6) is 0 Å². The van der Waals surface area contributed by atoms with Crippen LogP contribution in [0.3, 0.4) is 0 Å². The molecule has 1 amide bonds. The standard InChI is InChI=1S/C11H21N.C10H21NO.C10H21N.C9H17N.C8H17NO.2C8H15NO/c1-10(2)12-8-6-11(7-9-12)4-3-5-11;1-8(2)9-6-5-7-10(12-4)11(9)3;1-9(2)11-7-5-6-10(3,4)8-11;1-8(2)10-6-9(7-10)4-3-5-9;2*1-6(2)9-4-8(5-9)7(3)10;1-6(2)7-4-5-8(10)9(7)3/h10H,3-9H2,1-2H3;8-10H,5-7H2,1-4H3;9H,5-8H2,1-4H3;8H,3-7H2,1-2H3;6-8,10H,4-5H2,1-3H3;6,8H,4-5H2,1-3H3;6-7H,4-5H2,1-3H3. The van der Waals surface area contributed by atoms with E-state index in [9.17, 15) is 9.59 Å². The molecule has 9 aliphatic rings. The molecule has 7 heterocycles. The maximum absolute atomic E-state index is 11.0. The third-order valence-corrected chi connectivity index (χ3v) is 19.7. The molecule has 4 unspecified atom stereocenters. The summed E-state index contributed by atoms with van der Waals surface area (Å²) in [5, 5.41) is 9.15. The molecular formula is C64H127N7O4. The van der Waals surface area contributed by atoms with Crippen molar-refractivity contribution in [2.24, 2.45) is 39.9 Å². The molecule has 75 heavy (non-hydrogen) atoms. The van der Waals surface area contributed by atoms with E-state index in [1.54, 1.807) is 6.92 Å². The molecule has 2 aliphatic carbocycles. The van der Waals surface area contributed by atoms with E-state index in [0.717, 1.165) is 73.9 Å². The summed E-state index contributed by atoms with van der Waals surface area (Å²) in [5.41, 5.74) is 2.21. The molecule has 442 valence electrons. The van der Waals surface area contributed by atoms with Crippen LogP contribution in [0.1, 0.15) is 221 Å². The molecule has 7 saturated heterocycles. The Morgan fingerprint density at radius 2 is 1.03 bits per heavy atom. The number of ether oxygens (including phenoxy) is 1. The van der Waals surface area contributed by atoms with E-state index < -0.39 is 0 Å². The van der Waals surface area contributed by atoms with E-state index in [4.69, 9.17) is 9.84 Å². The lowest BCUT2D eigenvalue weighted by molar-refractivity contribution is -0.128. The minimum Gasteiger partial charge on any atom is -0.393 e. The summed E-state index contributed by atoms with van der Waals surface area (Å²) in [6.45, 7) is 52.0. The summed E-state index contributed by atoms with van der Waals surface area (Å²) < 4.78 is 5.41. The summed E-state index contributed by atoms with van der Waals surface area (Å²) in [6, 6.07) is 4.74. The van der Waals surface area contributed by atoms with E-state index in [1.807, 2.05) is 26.0 Å². The van der Waals surface area contributed by atoms with Crippen molar-refractivity contribution < 1.29 is 19.4 Å². The lowest BCUT2D eigenvalue weighted by atomic mass is 9.63. The van der Waals surface area contributed by atoms with Gasteiger partial charge in [-0.05, 0) is 215 Å². The second-order valence-electron chi connectivity index (χ2n) is 28.5. The normalized spacial score (nSPS) is 27.5. The van der Waals surface area contributed by atoms with Crippen molar-refractivity contribution in [3.63, 3.8) is 0 Å². The third-order valence-electron chi connectivity index (χ3n) is 19.7. The number of aliphatic hydroxyl groups excluding tert-OH is 1. The Balaban J connectivity index is 0.000000231. The topological polar surface area (TPSA) is 86.3 Å². The van der Waals surface area contributed by atoms with Crippen LogP contribution in [0.15, 0.2) is 0 Å². The monoisotopic (exact) mass is 1060 g/mol. The molecule has 11 nitrogen and oxygen atoms in total. The van der Waals surface area contributed by atoms with Gasteiger partial charge in [-0.15, -0.1) is 0 Å². The van der Waals surface area contributed by atoms with E-state index in [2.05, 4.69) is 147 Å². The second-order valence-corrected chi connectivity index (χ2v) is 28.5. The molecule has 0 radical (unpaired) electrons. The SMILES string of the molecule is CC(=O)C1CN(C(C)C)C1.CC(C)C1CCC(=O)N1C.CC(C)N1CC2(CCC2)C1.CC(C)N1CCC2(CCC2)CC1.CC(C)N1CCCC(C)(C)C1.CC(O)C1CN(C(C)C)C1.COC1CCCC(C(C)C)N1C. The van der Waals surface area contributed by atoms with Gasteiger partial charge in [-0.25, -0.2) is 0 Å². The van der Waals surface area contributed by atoms with Crippen molar-refractivity contribution in [2.45, 2.75) is 276 Å². The van der Waals surface area contributed by atoms with E-state index in [1.165, 1.54) is 123 Å². The van der Waals surface area contributed by atoms with Gasteiger partial charge in [0.2, 0.25) is 5.91 Å². The zero-order valence-electron chi connectivity index (χ0n) is 53.5. The van der Waals surface area contributed by atoms with Gasteiger partial charge in [0.25, 0.3) is 0 Å². The van der Waals surface area contributed by atoms with Gasteiger partial charge in [-0.3, -0.25) is 24.3 Å². The summed E-state index contributed by atoms with van der Waals surface area (Å²) in [5.74, 6) is 2.87. The largest absolute Gasteiger partial charge is 0.393 e. The fourth-order valence-electron chi connectivity index (χ4n) is 13.1. The first kappa shape index (κ1) is 68.1. The first-order valence-corrected chi connectivity index (χ1v) is 31.4. The van der Waals surface area contributed by atoms with Gasteiger partial charge in [0.15, 0.2) is 0 Å². The van der Waals surface area contributed by atoms with E-state index >= 15 is 0 Å². The van der Waals surface area contributed by atoms with E-state index in [-0.39, 0.29) is 6.10 Å². The minimum absolute atomic E-state index is 0.116. The average Bonchev–Trinajstić information content (AvgIpc) is 3.58. The molecule has 0 aromatic heterocycles. The Morgan fingerprint density at radius 1 is 0.547 bits per heavy atom. The van der Waals surface area contributed by atoms with Crippen LogP contribution in [0.25, 0.3) is 0 Å². The summed E-state index contributed by atoms with van der Waals surface area (Å²) in [6.07, 6.45) is 20.7. The highest BCUT2D eigenvalue weighted by Gasteiger charge is 2.47. The molecule has 0 bridgehead atoms. The average molecular weight is 1060 g/mol. The fraction of sp³-hybridized carbons (Fsp3) is 0.969. The predicted octanol–water partition coefficient (Wildman–Crippen LogP) is 12.0. The van der Waals surface area contributed by atoms with Crippen molar-refractivity contribution in [1.29, 1.82) is 0 Å². The molecule has 0 aromatic rings. The number of ketones is 1. The summed E-state index contributed by atoms with van der Waals surface area (Å²) in [4.78, 5) is 38.5. The number of likely N-dealkylation sites (tertiary alicyclic amines) is 7. The highest BCUT2D eigenvalue weighted by molar-refractivity contribution is 5.79.